The van der Waals surface area contributed by atoms with Gasteiger partial charge in [0.15, 0.2) is 5.75 Å². The Hall–Kier alpha value is -3.02. The Labute approximate surface area is 193 Å². The van der Waals surface area contributed by atoms with Crippen LogP contribution in [-0.4, -0.2) is 36.7 Å². The van der Waals surface area contributed by atoms with E-state index in [1.165, 1.54) is 14.2 Å². The van der Waals surface area contributed by atoms with Gasteiger partial charge in [-0.3, -0.25) is 4.79 Å². The van der Waals surface area contributed by atoms with Crippen LogP contribution in [0.5, 0.6) is 17.2 Å². The van der Waals surface area contributed by atoms with E-state index in [9.17, 15) is 14.7 Å². The van der Waals surface area contributed by atoms with Crippen molar-refractivity contribution in [3.63, 3.8) is 0 Å². The molecule has 0 spiro atoms. The van der Waals surface area contributed by atoms with Crippen LogP contribution in [0.1, 0.15) is 65.5 Å². The molecule has 0 saturated heterocycles. The number of carbonyl (C=O) groups is 2. The number of rotatable bonds is 5. The van der Waals surface area contributed by atoms with Crippen LogP contribution in [0.3, 0.4) is 0 Å². The Balaban J connectivity index is 1.71. The van der Waals surface area contributed by atoms with Crippen molar-refractivity contribution in [1.82, 2.24) is 0 Å². The fraction of sp³-hybridized carbons (Fsp3) is 0.481. The molecule has 6 nitrogen and oxygen atoms in total. The minimum absolute atomic E-state index is 0.0190. The van der Waals surface area contributed by atoms with Gasteiger partial charge < -0.3 is 19.3 Å². The van der Waals surface area contributed by atoms with E-state index in [-0.39, 0.29) is 39.7 Å². The summed E-state index contributed by atoms with van der Waals surface area (Å²) >= 11 is 0. The van der Waals surface area contributed by atoms with Crippen molar-refractivity contribution in [2.75, 3.05) is 14.2 Å². The van der Waals surface area contributed by atoms with Crippen molar-refractivity contribution in [1.29, 1.82) is 0 Å². The first-order chi connectivity index (χ1) is 15.6. The molecule has 2 saturated carbocycles. The second-order valence-corrected chi connectivity index (χ2v) is 10.4. The van der Waals surface area contributed by atoms with Crippen molar-refractivity contribution >= 4 is 11.8 Å². The number of ether oxygens (including phenoxy) is 3. The predicted molar refractivity (Wildman–Crippen MR) is 123 cm³/mol. The number of carbonyl (C=O) groups excluding carboxylic acids is 1. The Morgan fingerprint density at radius 2 is 1.67 bits per heavy atom. The number of carboxylic acid groups (broad SMARTS) is 1. The maximum Gasteiger partial charge on any atom is 0.343 e. The van der Waals surface area contributed by atoms with Crippen LogP contribution >= 0.6 is 0 Å². The Kier molecular flexibility index (Phi) is 4.78. The minimum Gasteiger partial charge on any atom is -0.495 e. The molecule has 4 atom stereocenters. The van der Waals surface area contributed by atoms with Gasteiger partial charge in [0, 0.05) is 17.0 Å². The Bertz CT molecular complexity index is 1150. The molecule has 0 radical (unpaired) electrons. The molecule has 2 aliphatic carbocycles. The molecule has 2 unspecified atom stereocenters. The molecule has 174 valence electrons. The van der Waals surface area contributed by atoms with Crippen LogP contribution in [0, 0.1) is 23.2 Å². The van der Waals surface area contributed by atoms with E-state index in [2.05, 4.69) is 20.8 Å². The highest BCUT2D eigenvalue weighted by molar-refractivity contribution is 6.15. The smallest absolute Gasteiger partial charge is 0.343 e. The largest absolute Gasteiger partial charge is 0.495 e. The lowest BCUT2D eigenvalue weighted by molar-refractivity contribution is -0.0270. The van der Waals surface area contributed by atoms with Gasteiger partial charge in [0.1, 0.15) is 28.2 Å². The molecule has 1 N–H and O–H groups in total. The summed E-state index contributed by atoms with van der Waals surface area (Å²) in [6.45, 7) is 6.71. The second-order valence-electron chi connectivity index (χ2n) is 10.4. The van der Waals surface area contributed by atoms with Crippen molar-refractivity contribution in [2.24, 2.45) is 23.2 Å². The standard InChI is InChI=1S/C27H30O6/c1-26(2)17-12-15-11-16-22(31-4)19(21(28)14-9-7-6-8-10-14)24(32-5)20(25(29)30)23(16)33-27(15,3)13-18(17)26/h6-10,15,17-18H,11-13H2,1-5H3,(H,29,30)/t15?,17-,18+,27?/m1/s1. The maximum atomic E-state index is 13.6. The summed E-state index contributed by atoms with van der Waals surface area (Å²) in [5.41, 5.74) is 0.926. The lowest BCUT2D eigenvalue weighted by Gasteiger charge is -2.46. The number of fused-ring (bicyclic) bond motifs is 3. The van der Waals surface area contributed by atoms with E-state index in [1.54, 1.807) is 24.3 Å². The summed E-state index contributed by atoms with van der Waals surface area (Å²) in [5.74, 6) is 0.526. The summed E-state index contributed by atoms with van der Waals surface area (Å²) < 4.78 is 17.9. The van der Waals surface area contributed by atoms with Crippen molar-refractivity contribution in [3.8, 4) is 17.2 Å². The zero-order chi connectivity index (χ0) is 23.7. The minimum atomic E-state index is -1.18. The first-order valence-electron chi connectivity index (χ1n) is 11.5. The zero-order valence-corrected chi connectivity index (χ0v) is 19.7. The highest BCUT2D eigenvalue weighted by Gasteiger charge is 2.65. The number of benzene rings is 2. The van der Waals surface area contributed by atoms with Crippen LogP contribution in [0.4, 0.5) is 0 Å². The summed E-state index contributed by atoms with van der Waals surface area (Å²) in [4.78, 5) is 26.1. The Morgan fingerprint density at radius 3 is 2.27 bits per heavy atom. The van der Waals surface area contributed by atoms with Gasteiger partial charge in [-0.15, -0.1) is 0 Å². The van der Waals surface area contributed by atoms with Crippen LogP contribution in [0.15, 0.2) is 30.3 Å². The van der Waals surface area contributed by atoms with Gasteiger partial charge >= 0.3 is 5.97 Å². The average molecular weight is 451 g/mol. The average Bonchev–Trinajstić information content (AvgIpc) is 3.31. The predicted octanol–water partition coefficient (Wildman–Crippen LogP) is 5.01. The summed E-state index contributed by atoms with van der Waals surface area (Å²) in [6, 6.07) is 8.77. The first kappa shape index (κ1) is 21.8. The Morgan fingerprint density at radius 1 is 1.00 bits per heavy atom. The molecule has 6 heteroatoms. The third-order valence-corrected chi connectivity index (χ3v) is 8.44. The lowest BCUT2D eigenvalue weighted by Crippen LogP contribution is -2.48. The van der Waals surface area contributed by atoms with Gasteiger partial charge in [-0.25, -0.2) is 4.79 Å². The highest BCUT2D eigenvalue weighted by atomic mass is 16.5. The highest BCUT2D eigenvalue weighted by Crippen LogP contribution is 2.69. The van der Waals surface area contributed by atoms with Gasteiger partial charge in [0.2, 0.25) is 5.78 Å². The molecule has 0 bridgehead atoms. The molecule has 0 aromatic heterocycles. The molecule has 33 heavy (non-hydrogen) atoms. The number of ketones is 1. The number of carboxylic acids is 1. The topological polar surface area (TPSA) is 82.1 Å². The van der Waals surface area contributed by atoms with Gasteiger partial charge in [0.25, 0.3) is 0 Å². The molecule has 3 aliphatic rings. The summed E-state index contributed by atoms with van der Waals surface area (Å²) in [7, 11) is 2.88. The van der Waals surface area contributed by atoms with Crippen LogP contribution in [-0.2, 0) is 6.42 Å². The number of hydrogen-bond acceptors (Lipinski definition) is 5. The fourth-order valence-corrected chi connectivity index (χ4v) is 6.39. The summed E-state index contributed by atoms with van der Waals surface area (Å²) in [5, 5.41) is 10.2. The molecule has 2 fully saturated rings. The molecule has 1 heterocycles. The second kappa shape index (κ2) is 7.24. The molecule has 0 amide bonds. The van der Waals surface area contributed by atoms with Crippen LogP contribution < -0.4 is 14.2 Å². The van der Waals surface area contributed by atoms with Crippen molar-refractivity contribution in [3.05, 3.63) is 52.6 Å². The van der Waals surface area contributed by atoms with Gasteiger partial charge in [0.05, 0.1) is 14.2 Å². The van der Waals surface area contributed by atoms with Gasteiger partial charge in [-0.2, -0.15) is 0 Å². The number of aromatic carboxylic acids is 1. The van der Waals surface area contributed by atoms with E-state index in [0.717, 1.165) is 12.8 Å². The van der Waals surface area contributed by atoms with Crippen molar-refractivity contribution in [2.45, 2.75) is 45.6 Å². The molecule has 5 rings (SSSR count). The molecule has 2 aromatic rings. The summed E-state index contributed by atoms with van der Waals surface area (Å²) in [6.07, 6.45) is 2.52. The van der Waals surface area contributed by atoms with Crippen LogP contribution in [0.2, 0.25) is 0 Å². The quantitative estimate of drug-likeness (QED) is 0.645. The molecular weight excluding hydrogens is 420 g/mol. The molecular formula is C27H30O6. The van der Waals surface area contributed by atoms with E-state index < -0.39 is 11.6 Å². The third kappa shape index (κ3) is 3.06. The van der Waals surface area contributed by atoms with E-state index in [0.29, 0.717) is 35.1 Å². The molecule has 2 aromatic carbocycles. The van der Waals surface area contributed by atoms with Crippen LogP contribution in [0.25, 0.3) is 0 Å². The normalized spacial score (nSPS) is 28.5. The molecule has 1 aliphatic heterocycles. The third-order valence-electron chi connectivity index (χ3n) is 8.44. The zero-order valence-electron chi connectivity index (χ0n) is 19.7. The van der Waals surface area contributed by atoms with Gasteiger partial charge in [-0.1, -0.05) is 44.2 Å². The maximum absolute atomic E-state index is 13.6. The SMILES string of the molecule is COc1c2c(c(C(=O)O)c(OC)c1C(=O)c1ccccc1)OC1(C)C[C@H]3[C@@H](CC1C2)C3(C)C. The fourth-order valence-electron chi connectivity index (χ4n) is 6.39. The monoisotopic (exact) mass is 450 g/mol. The number of methoxy groups -OCH3 is 2. The lowest BCUT2D eigenvalue weighted by atomic mass is 9.71. The van der Waals surface area contributed by atoms with E-state index in [4.69, 9.17) is 14.2 Å². The van der Waals surface area contributed by atoms with Gasteiger partial charge in [-0.05, 0) is 43.4 Å². The van der Waals surface area contributed by atoms with Crippen molar-refractivity contribution < 1.29 is 28.9 Å². The first-order valence-corrected chi connectivity index (χ1v) is 11.5. The number of hydrogen-bond donors (Lipinski definition) is 1. The van der Waals surface area contributed by atoms with E-state index >= 15 is 0 Å². The van der Waals surface area contributed by atoms with E-state index in [1.807, 2.05) is 6.07 Å².